The standard InChI is InChI=1S/C22H36FN7O4/c1-5-16(22(33)29(3)4)24-19-18(23)20(26-17(6-2)25-19)27-28-21(32)15(12-30(34)13-31)11-14-9-7-8-10-14/h13-16,34H,5-12H2,1-4H3,(H,28,32)(H2,24,25,26,27)/t15-,16+/m1/s1. The average molecular weight is 482 g/mol. The second-order valence-electron chi connectivity index (χ2n) is 8.77. The molecule has 0 aromatic carbocycles. The first-order chi connectivity index (χ1) is 16.2. The van der Waals surface area contributed by atoms with E-state index in [1.807, 2.05) is 0 Å². The first-order valence-electron chi connectivity index (χ1n) is 11.7. The molecule has 11 nitrogen and oxygen atoms in total. The van der Waals surface area contributed by atoms with Gasteiger partial charge in [-0.15, -0.1) is 0 Å². The molecule has 1 aromatic heterocycles. The van der Waals surface area contributed by atoms with Crippen molar-refractivity contribution in [3.05, 3.63) is 11.6 Å². The molecular weight excluding hydrogens is 445 g/mol. The van der Waals surface area contributed by atoms with Crippen molar-refractivity contribution in [2.75, 3.05) is 31.4 Å². The first-order valence-corrected chi connectivity index (χ1v) is 11.7. The molecule has 1 aliphatic carbocycles. The van der Waals surface area contributed by atoms with E-state index in [2.05, 4.69) is 26.1 Å². The largest absolute Gasteiger partial charge is 0.356 e. The number of likely N-dealkylation sites (N-methyl/N-ethyl adjacent to an activating group) is 1. The van der Waals surface area contributed by atoms with Crippen molar-refractivity contribution < 1.29 is 24.0 Å². The summed E-state index contributed by atoms with van der Waals surface area (Å²) in [7, 11) is 3.23. The van der Waals surface area contributed by atoms with Gasteiger partial charge in [-0.2, -0.15) is 4.39 Å². The van der Waals surface area contributed by atoms with Crippen LogP contribution in [0.2, 0.25) is 0 Å². The van der Waals surface area contributed by atoms with Gasteiger partial charge in [-0.05, 0) is 18.8 Å². The Balaban J connectivity index is 2.17. The van der Waals surface area contributed by atoms with Gasteiger partial charge in [-0.3, -0.25) is 30.4 Å². The fourth-order valence-corrected chi connectivity index (χ4v) is 4.05. The third-order valence-electron chi connectivity index (χ3n) is 5.97. The molecule has 3 amide bonds. The molecule has 0 radical (unpaired) electrons. The number of carbonyl (C=O) groups excluding carboxylic acids is 3. The molecule has 12 heteroatoms. The molecule has 1 fully saturated rings. The molecule has 1 aromatic rings. The first kappa shape index (κ1) is 27.2. The lowest BCUT2D eigenvalue weighted by Crippen LogP contribution is -2.41. The molecule has 0 bridgehead atoms. The zero-order valence-corrected chi connectivity index (χ0v) is 20.3. The Morgan fingerprint density at radius 2 is 1.85 bits per heavy atom. The number of hydrogen-bond acceptors (Lipinski definition) is 8. The van der Waals surface area contributed by atoms with Crippen LogP contribution in [0.25, 0.3) is 0 Å². The Bertz CT molecular complexity index is 849. The van der Waals surface area contributed by atoms with E-state index in [1.165, 1.54) is 4.90 Å². The predicted octanol–water partition coefficient (Wildman–Crippen LogP) is 1.94. The fraction of sp³-hybridized carbons (Fsp3) is 0.682. The molecule has 2 rings (SSSR count). The molecule has 1 heterocycles. The molecule has 0 unspecified atom stereocenters. The molecule has 0 saturated heterocycles. The van der Waals surface area contributed by atoms with Crippen LogP contribution in [0.3, 0.4) is 0 Å². The number of hydrogen-bond donors (Lipinski definition) is 4. The van der Waals surface area contributed by atoms with Crippen LogP contribution < -0.4 is 16.2 Å². The average Bonchev–Trinajstić information content (AvgIpc) is 3.34. The maximum absolute atomic E-state index is 15.2. The highest BCUT2D eigenvalue weighted by molar-refractivity contribution is 5.84. The maximum Gasteiger partial charge on any atom is 0.244 e. The van der Waals surface area contributed by atoms with E-state index >= 15 is 4.39 Å². The van der Waals surface area contributed by atoms with Crippen LogP contribution in [0.1, 0.15) is 58.2 Å². The van der Waals surface area contributed by atoms with Crippen molar-refractivity contribution in [2.24, 2.45) is 11.8 Å². The van der Waals surface area contributed by atoms with Gasteiger partial charge < -0.3 is 10.2 Å². The van der Waals surface area contributed by atoms with Crippen molar-refractivity contribution in [1.29, 1.82) is 0 Å². The highest BCUT2D eigenvalue weighted by Gasteiger charge is 2.28. The van der Waals surface area contributed by atoms with Crippen molar-refractivity contribution in [3.63, 3.8) is 0 Å². The number of halogens is 1. The molecule has 1 aliphatic rings. The smallest absolute Gasteiger partial charge is 0.244 e. The SMILES string of the molecule is CCc1nc(NNC(=O)[C@H](CC2CCCC2)CN(O)C=O)c(F)c(N[C@@H](CC)C(=O)N(C)C)n1. The zero-order valence-electron chi connectivity index (χ0n) is 20.3. The highest BCUT2D eigenvalue weighted by atomic mass is 19.1. The molecule has 0 aliphatic heterocycles. The van der Waals surface area contributed by atoms with Crippen molar-refractivity contribution in [2.45, 2.75) is 64.8 Å². The minimum Gasteiger partial charge on any atom is -0.356 e. The van der Waals surface area contributed by atoms with E-state index < -0.39 is 23.7 Å². The van der Waals surface area contributed by atoms with Gasteiger partial charge in [-0.25, -0.2) is 15.0 Å². The van der Waals surface area contributed by atoms with Gasteiger partial charge in [0, 0.05) is 20.5 Å². The summed E-state index contributed by atoms with van der Waals surface area (Å²) in [6, 6.07) is -0.679. The number of carbonyl (C=O) groups is 3. The number of nitrogens with one attached hydrogen (secondary N) is 3. The lowest BCUT2D eigenvalue weighted by atomic mass is 9.92. The second kappa shape index (κ2) is 13.0. The van der Waals surface area contributed by atoms with Crippen LogP contribution in [0.15, 0.2) is 0 Å². The summed E-state index contributed by atoms with van der Waals surface area (Å²) in [4.78, 5) is 45.7. The monoisotopic (exact) mass is 481 g/mol. The highest BCUT2D eigenvalue weighted by Crippen LogP contribution is 2.30. The molecule has 190 valence electrons. The lowest BCUT2D eigenvalue weighted by molar-refractivity contribution is -0.154. The summed E-state index contributed by atoms with van der Waals surface area (Å²) in [5.41, 5.74) is 4.97. The summed E-state index contributed by atoms with van der Waals surface area (Å²) in [6.07, 6.45) is 5.72. The third-order valence-corrected chi connectivity index (χ3v) is 5.97. The quantitative estimate of drug-likeness (QED) is 0.190. The van der Waals surface area contributed by atoms with Crippen LogP contribution in [0, 0.1) is 17.7 Å². The van der Waals surface area contributed by atoms with E-state index in [0.29, 0.717) is 36.1 Å². The maximum atomic E-state index is 15.2. The minimum atomic E-state index is -0.841. The van der Waals surface area contributed by atoms with Crippen LogP contribution >= 0.6 is 0 Å². The number of hydroxylamine groups is 2. The molecular formula is C22H36FN7O4. The fourth-order valence-electron chi connectivity index (χ4n) is 4.05. The van der Waals surface area contributed by atoms with Crippen molar-refractivity contribution >= 4 is 29.9 Å². The summed E-state index contributed by atoms with van der Waals surface area (Å²) in [6.45, 7) is 3.43. The normalized spacial score (nSPS) is 15.4. The Morgan fingerprint density at radius 3 is 2.41 bits per heavy atom. The van der Waals surface area contributed by atoms with Crippen LogP contribution in [-0.2, 0) is 20.8 Å². The number of anilines is 2. The van der Waals surface area contributed by atoms with Gasteiger partial charge in [0.05, 0.1) is 12.5 Å². The number of rotatable bonds is 13. The Kier molecular flexibility index (Phi) is 10.4. The van der Waals surface area contributed by atoms with Crippen LogP contribution in [-0.4, -0.2) is 70.0 Å². The van der Waals surface area contributed by atoms with Gasteiger partial charge in [-0.1, -0.05) is 39.5 Å². The summed E-state index contributed by atoms with van der Waals surface area (Å²) < 4.78 is 15.2. The minimum absolute atomic E-state index is 0.143. The number of aromatic nitrogens is 2. The van der Waals surface area contributed by atoms with Gasteiger partial charge in [0.1, 0.15) is 11.9 Å². The third kappa shape index (κ3) is 7.51. The van der Waals surface area contributed by atoms with Crippen LogP contribution in [0.5, 0.6) is 0 Å². The summed E-state index contributed by atoms with van der Waals surface area (Å²) >= 11 is 0. The Morgan fingerprint density at radius 1 is 1.21 bits per heavy atom. The predicted molar refractivity (Wildman–Crippen MR) is 124 cm³/mol. The second-order valence-corrected chi connectivity index (χ2v) is 8.77. The number of hydrazine groups is 1. The summed E-state index contributed by atoms with van der Waals surface area (Å²) in [5, 5.41) is 12.9. The van der Waals surface area contributed by atoms with Gasteiger partial charge in [0.25, 0.3) is 0 Å². The van der Waals surface area contributed by atoms with Crippen molar-refractivity contribution in [1.82, 2.24) is 25.4 Å². The molecule has 4 N–H and O–H groups in total. The molecule has 1 saturated carbocycles. The van der Waals surface area contributed by atoms with Gasteiger partial charge in [0.2, 0.25) is 24.0 Å². The number of nitrogens with zero attached hydrogens (tertiary/aromatic N) is 4. The van der Waals surface area contributed by atoms with E-state index in [1.54, 1.807) is 27.9 Å². The lowest BCUT2D eigenvalue weighted by Gasteiger charge is -2.23. The zero-order chi connectivity index (χ0) is 25.3. The molecule has 34 heavy (non-hydrogen) atoms. The topological polar surface area (TPSA) is 140 Å². The van der Waals surface area contributed by atoms with E-state index in [9.17, 15) is 19.6 Å². The van der Waals surface area contributed by atoms with Crippen LogP contribution in [0.4, 0.5) is 16.0 Å². The van der Waals surface area contributed by atoms with E-state index in [0.717, 1.165) is 25.7 Å². The Labute approximate surface area is 199 Å². The number of aryl methyl sites for hydroxylation is 1. The van der Waals surface area contributed by atoms with Gasteiger partial charge in [0.15, 0.2) is 11.6 Å². The van der Waals surface area contributed by atoms with E-state index in [4.69, 9.17) is 0 Å². The Hall–Kier alpha value is -3.02. The number of amides is 3. The molecule has 0 spiro atoms. The van der Waals surface area contributed by atoms with Crippen molar-refractivity contribution in [3.8, 4) is 0 Å². The summed E-state index contributed by atoms with van der Waals surface area (Å²) in [5.74, 6) is -1.98. The van der Waals surface area contributed by atoms with E-state index in [-0.39, 0.29) is 30.5 Å². The molecule has 2 atom stereocenters. The van der Waals surface area contributed by atoms with Gasteiger partial charge >= 0.3 is 0 Å².